The topological polar surface area (TPSA) is 17.8 Å². The summed E-state index contributed by atoms with van der Waals surface area (Å²) in [5.41, 5.74) is 10.9. The largest absolute Gasteiger partial charge is 0.309 e. The molecule has 0 atom stereocenters. The molecule has 0 bridgehead atoms. The van der Waals surface area contributed by atoms with Gasteiger partial charge in [-0.2, -0.15) is 0 Å². The highest BCUT2D eigenvalue weighted by molar-refractivity contribution is 6.28. The van der Waals surface area contributed by atoms with Crippen LogP contribution < -0.4 is 0 Å². The number of para-hydroxylation sites is 2. The normalized spacial score (nSPS) is 12.4. The van der Waals surface area contributed by atoms with Gasteiger partial charge >= 0.3 is 0 Å². The van der Waals surface area contributed by atoms with Gasteiger partial charge in [-0.25, -0.2) is 0 Å². The minimum absolute atomic E-state index is 0.0627. The van der Waals surface area contributed by atoms with Gasteiger partial charge < -0.3 is 4.57 Å². The van der Waals surface area contributed by atoms with Crippen molar-refractivity contribution in [3.05, 3.63) is 157 Å². The number of hydrogen-bond donors (Lipinski definition) is 0. The predicted molar refractivity (Wildman–Crippen MR) is 209 cm³/mol. The van der Waals surface area contributed by atoms with Gasteiger partial charge in [-0.3, -0.25) is 4.98 Å². The zero-order valence-corrected chi connectivity index (χ0v) is 27.8. The van der Waals surface area contributed by atoms with E-state index in [1.807, 2.05) is 12.3 Å². The van der Waals surface area contributed by atoms with E-state index in [9.17, 15) is 0 Å². The molecule has 0 unspecified atom stereocenters. The van der Waals surface area contributed by atoms with Crippen LogP contribution in [-0.2, 0) is 5.41 Å². The maximum absolute atomic E-state index is 4.61. The fraction of sp³-hybridized carbons (Fsp3) is 0.0851. The second kappa shape index (κ2) is 10.3. The van der Waals surface area contributed by atoms with Gasteiger partial charge in [0.15, 0.2) is 0 Å². The van der Waals surface area contributed by atoms with Crippen molar-refractivity contribution < 1.29 is 0 Å². The Labute approximate surface area is 285 Å². The lowest BCUT2D eigenvalue weighted by molar-refractivity contribution is 0.591. The standard InChI is InChI=1S/C47H34N2/c1-47(2,3)34-25-32-17-20-38-40(29-10-8-12-35(27-29)49-43-15-6-4-13-36(43)37-14-5-7-16-44(37)49)28-41(39-21-18-33(26-34)45(32)46(38)39)30-19-22-42-31(24-30)11-9-23-48-42/h4-28H,1-3H3. The molecule has 2 aromatic heterocycles. The summed E-state index contributed by atoms with van der Waals surface area (Å²) in [6.45, 7) is 6.90. The van der Waals surface area contributed by atoms with E-state index >= 15 is 0 Å². The first-order chi connectivity index (χ1) is 23.9. The first-order valence-electron chi connectivity index (χ1n) is 17.1. The van der Waals surface area contributed by atoms with Crippen molar-refractivity contribution in [2.75, 3.05) is 0 Å². The first kappa shape index (κ1) is 28.1. The molecule has 2 heterocycles. The van der Waals surface area contributed by atoms with Crippen molar-refractivity contribution in [1.29, 1.82) is 0 Å². The predicted octanol–water partition coefficient (Wildman–Crippen LogP) is 12.9. The number of benzene rings is 8. The van der Waals surface area contributed by atoms with Crippen LogP contribution in [-0.4, -0.2) is 9.55 Å². The summed E-state index contributed by atoms with van der Waals surface area (Å²) in [4.78, 5) is 4.61. The third-order valence-electron chi connectivity index (χ3n) is 10.5. The minimum atomic E-state index is 0.0627. The molecule has 10 rings (SSSR count). The molecule has 0 fully saturated rings. The van der Waals surface area contributed by atoms with Gasteiger partial charge in [0.1, 0.15) is 0 Å². The van der Waals surface area contributed by atoms with Gasteiger partial charge in [0.25, 0.3) is 0 Å². The van der Waals surface area contributed by atoms with Crippen LogP contribution in [0.3, 0.4) is 0 Å². The Bertz CT molecular complexity index is 2850. The first-order valence-corrected chi connectivity index (χ1v) is 17.1. The van der Waals surface area contributed by atoms with Crippen LogP contribution in [0.1, 0.15) is 26.3 Å². The average Bonchev–Trinajstić information content (AvgIpc) is 3.47. The Morgan fingerprint density at radius 1 is 0.469 bits per heavy atom. The Morgan fingerprint density at radius 3 is 1.80 bits per heavy atom. The van der Waals surface area contributed by atoms with Crippen molar-refractivity contribution in [1.82, 2.24) is 9.55 Å². The summed E-state index contributed by atoms with van der Waals surface area (Å²) in [6.07, 6.45) is 1.87. The third-order valence-corrected chi connectivity index (χ3v) is 10.5. The average molecular weight is 627 g/mol. The van der Waals surface area contributed by atoms with Crippen molar-refractivity contribution in [3.63, 3.8) is 0 Å². The second-order valence-electron chi connectivity index (χ2n) is 14.5. The Morgan fingerprint density at radius 2 is 1.12 bits per heavy atom. The summed E-state index contributed by atoms with van der Waals surface area (Å²) < 4.78 is 2.41. The molecule has 2 nitrogen and oxygen atoms in total. The zero-order chi connectivity index (χ0) is 32.9. The molecular weight excluding hydrogens is 593 g/mol. The van der Waals surface area contributed by atoms with E-state index in [0.717, 1.165) is 16.6 Å². The molecule has 0 spiro atoms. The lowest BCUT2D eigenvalue weighted by Gasteiger charge is -2.23. The van der Waals surface area contributed by atoms with Crippen LogP contribution in [0.4, 0.5) is 0 Å². The van der Waals surface area contributed by atoms with Gasteiger partial charge in [0.05, 0.1) is 16.6 Å². The molecule has 10 aromatic rings. The molecule has 8 aromatic carbocycles. The molecule has 0 saturated heterocycles. The van der Waals surface area contributed by atoms with Crippen molar-refractivity contribution in [2.45, 2.75) is 26.2 Å². The lowest BCUT2D eigenvalue weighted by atomic mass is 9.81. The van der Waals surface area contributed by atoms with Crippen LogP contribution >= 0.6 is 0 Å². The highest BCUT2D eigenvalue weighted by Gasteiger charge is 2.21. The Hall–Kier alpha value is -5.99. The van der Waals surface area contributed by atoms with Crippen LogP contribution in [0, 0.1) is 0 Å². The number of nitrogens with zero attached hydrogens (tertiary/aromatic N) is 2. The lowest BCUT2D eigenvalue weighted by Crippen LogP contribution is -2.10. The van der Waals surface area contributed by atoms with E-state index in [0.29, 0.717) is 0 Å². The summed E-state index contributed by atoms with van der Waals surface area (Å²) >= 11 is 0. The SMILES string of the molecule is CC(C)(C)c1cc2ccc3c(-c4cccc(-n5c6ccccc6c6ccccc65)c4)cc(-c4ccc5ncccc5c4)c4ccc(c1)c2c34. The fourth-order valence-corrected chi connectivity index (χ4v) is 8.08. The van der Waals surface area contributed by atoms with E-state index in [-0.39, 0.29) is 5.41 Å². The quantitative estimate of drug-likeness (QED) is 0.178. The highest BCUT2D eigenvalue weighted by atomic mass is 15.0. The maximum atomic E-state index is 4.61. The highest BCUT2D eigenvalue weighted by Crippen LogP contribution is 2.46. The van der Waals surface area contributed by atoms with Crippen molar-refractivity contribution >= 4 is 65.0 Å². The third kappa shape index (κ3) is 4.24. The maximum Gasteiger partial charge on any atom is 0.0702 e. The number of rotatable bonds is 3. The molecule has 0 amide bonds. The molecular formula is C47H34N2. The van der Waals surface area contributed by atoms with E-state index in [4.69, 9.17) is 0 Å². The van der Waals surface area contributed by atoms with Crippen LogP contribution in [0.5, 0.6) is 0 Å². The monoisotopic (exact) mass is 626 g/mol. The van der Waals surface area contributed by atoms with E-state index in [1.54, 1.807) is 0 Å². The van der Waals surface area contributed by atoms with E-state index in [2.05, 4.69) is 170 Å². The van der Waals surface area contributed by atoms with Crippen molar-refractivity contribution in [3.8, 4) is 27.9 Å². The molecule has 0 radical (unpaired) electrons. The molecule has 0 aliphatic heterocycles. The van der Waals surface area contributed by atoms with Gasteiger partial charge in [-0.1, -0.05) is 118 Å². The van der Waals surface area contributed by atoms with E-state index in [1.165, 1.54) is 81.9 Å². The molecule has 232 valence electrons. The molecule has 0 aliphatic rings. The summed E-state index contributed by atoms with van der Waals surface area (Å²) in [5, 5.41) is 11.5. The van der Waals surface area contributed by atoms with Crippen LogP contribution in [0.25, 0.3) is 93.0 Å². The van der Waals surface area contributed by atoms with Crippen molar-refractivity contribution in [2.24, 2.45) is 0 Å². The van der Waals surface area contributed by atoms with Crippen LogP contribution in [0.15, 0.2) is 152 Å². The molecule has 0 N–H and O–H groups in total. The number of hydrogen-bond acceptors (Lipinski definition) is 1. The molecule has 49 heavy (non-hydrogen) atoms. The van der Waals surface area contributed by atoms with E-state index < -0.39 is 0 Å². The minimum Gasteiger partial charge on any atom is -0.309 e. The summed E-state index contributed by atoms with van der Waals surface area (Å²) in [5.74, 6) is 0. The number of aromatic nitrogens is 2. The number of fused-ring (bicyclic) bond motifs is 4. The fourth-order valence-electron chi connectivity index (χ4n) is 8.08. The molecule has 2 heteroatoms. The smallest absolute Gasteiger partial charge is 0.0702 e. The Balaban J connectivity index is 1.29. The zero-order valence-electron chi connectivity index (χ0n) is 27.8. The summed E-state index contributed by atoms with van der Waals surface area (Å²) in [7, 11) is 0. The number of pyridine rings is 1. The van der Waals surface area contributed by atoms with Crippen LogP contribution in [0.2, 0.25) is 0 Å². The molecule has 0 saturated carbocycles. The molecule has 0 aliphatic carbocycles. The van der Waals surface area contributed by atoms with Gasteiger partial charge in [-0.05, 0) is 114 Å². The summed E-state index contributed by atoms with van der Waals surface area (Å²) in [6, 6.07) is 54.0. The van der Waals surface area contributed by atoms with Gasteiger partial charge in [0.2, 0.25) is 0 Å². The van der Waals surface area contributed by atoms with Gasteiger partial charge in [-0.15, -0.1) is 0 Å². The second-order valence-corrected chi connectivity index (χ2v) is 14.5. The Kier molecular flexibility index (Phi) is 5.87. The van der Waals surface area contributed by atoms with Gasteiger partial charge in [0, 0.05) is 28.0 Å².